The first kappa shape index (κ1) is 18.6. The number of hydrogen-bond donors (Lipinski definition) is 0. The molecule has 7 heteroatoms. The standard InChI is InChI=1S/C20H23NO4S2/c1-23-15-11-17-16(24-12-25-17)9-14(15)10-18-19(22)21(20(26)27-18)8-7-13-5-3-2-4-6-13/h9-11,13H,2-8,12H2,1H3. The van der Waals surface area contributed by atoms with Gasteiger partial charge >= 0.3 is 0 Å². The summed E-state index contributed by atoms with van der Waals surface area (Å²) in [6.07, 6.45) is 9.39. The van der Waals surface area contributed by atoms with Crippen LogP contribution in [0.15, 0.2) is 17.0 Å². The monoisotopic (exact) mass is 405 g/mol. The van der Waals surface area contributed by atoms with Crippen LogP contribution in [0.25, 0.3) is 6.08 Å². The maximum atomic E-state index is 12.9. The molecule has 3 aliphatic rings. The van der Waals surface area contributed by atoms with Crippen LogP contribution >= 0.6 is 24.0 Å². The highest BCUT2D eigenvalue weighted by molar-refractivity contribution is 8.26. The Hall–Kier alpha value is -1.73. The summed E-state index contributed by atoms with van der Waals surface area (Å²) in [7, 11) is 1.60. The normalized spacial score (nSPS) is 21.4. The van der Waals surface area contributed by atoms with E-state index in [2.05, 4.69) is 0 Å². The van der Waals surface area contributed by atoms with Crippen LogP contribution in [-0.2, 0) is 4.79 Å². The Morgan fingerprint density at radius 2 is 2.00 bits per heavy atom. The highest BCUT2D eigenvalue weighted by atomic mass is 32.2. The van der Waals surface area contributed by atoms with E-state index in [0.29, 0.717) is 33.0 Å². The molecule has 2 heterocycles. The molecule has 1 saturated heterocycles. The molecule has 0 unspecified atom stereocenters. The number of hydrogen-bond acceptors (Lipinski definition) is 6. The van der Waals surface area contributed by atoms with Gasteiger partial charge in [0.1, 0.15) is 10.1 Å². The van der Waals surface area contributed by atoms with Gasteiger partial charge in [0.25, 0.3) is 5.91 Å². The van der Waals surface area contributed by atoms with Gasteiger partial charge in [-0.15, -0.1) is 0 Å². The van der Waals surface area contributed by atoms with E-state index in [-0.39, 0.29) is 12.7 Å². The largest absolute Gasteiger partial charge is 0.496 e. The van der Waals surface area contributed by atoms with E-state index in [1.165, 1.54) is 43.9 Å². The second-order valence-corrected chi connectivity index (χ2v) is 8.75. The van der Waals surface area contributed by atoms with Crippen molar-refractivity contribution >= 4 is 40.3 Å². The van der Waals surface area contributed by atoms with Gasteiger partial charge in [0.05, 0.1) is 12.0 Å². The first-order valence-corrected chi connectivity index (χ1v) is 10.6. The fourth-order valence-corrected chi connectivity index (χ4v) is 5.15. The number of fused-ring (bicyclic) bond motifs is 1. The molecule has 0 radical (unpaired) electrons. The van der Waals surface area contributed by atoms with E-state index in [0.717, 1.165) is 17.9 Å². The second kappa shape index (κ2) is 8.10. The molecule has 2 aliphatic heterocycles. The molecule has 1 aromatic rings. The Balaban J connectivity index is 1.49. The molecule has 1 saturated carbocycles. The number of benzene rings is 1. The molecule has 1 amide bonds. The van der Waals surface area contributed by atoms with Crippen molar-refractivity contribution < 1.29 is 19.0 Å². The predicted molar refractivity (Wildman–Crippen MR) is 110 cm³/mol. The summed E-state index contributed by atoms with van der Waals surface area (Å²) in [5, 5.41) is 0. The lowest BCUT2D eigenvalue weighted by atomic mass is 9.87. The second-order valence-electron chi connectivity index (χ2n) is 7.07. The number of thiocarbonyl (C=S) groups is 1. The first-order chi connectivity index (χ1) is 13.2. The van der Waals surface area contributed by atoms with E-state index in [1.54, 1.807) is 18.1 Å². The Morgan fingerprint density at radius 3 is 2.74 bits per heavy atom. The molecule has 0 spiro atoms. The average molecular weight is 406 g/mol. The van der Waals surface area contributed by atoms with E-state index in [9.17, 15) is 4.79 Å². The molecule has 27 heavy (non-hydrogen) atoms. The SMILES string of the molecule is COc1cc2c(cc1C=C1SC(=S)N(CCC3CCCCC3)C1=O)OCO2. The Bertz CT molecular complexity index is 786. The molecular weight excluding hydrogens is 382 g/mol. The first-order valence-electron chi connectivity index (χ1n) is 9.38. The summed E-state index contributed by atoms with van der Waals surface area (Å²) >= 11 is 6.83. The van der Waals surface area contributed by atoms with Gasteiger partial charge in [-0.3, -0.25) is 9.69 Å². The molecule has 0 N–H and O–H groups in total. The van der Waals surface area contributed by atoms with Crippen molar-refractivity contribution in [2.24, 2.45) is 5.92 Å². The Labute approximate surface area is 169 Å². The van der Waals surface area contributed by atoms with E-state index in [1.807, 2.05) is 12.1 Å². The predicted octanol–water partition coefficient (Wildman–Crippen LogP) is 4.60. The van der Waals surface area contributed by atoms with Crippen molar-refractivity contribution in [3.63, 3.8) is 0 Å². The molecule has 144 valence electrons. The van der Waals surface area contributed by atoms with Crippen LogP contribution in [0.2, 0.25) is 0 Å². The zero-order valence-electron chi connectivity index (χ0n) is 15.4. The lowest BCUT2D eigenvalue weighted by molar-refractivity contribution is -0.122. The van der Waals surface area contributed by atoms with Crippen LogP contribution in [0.4, 0.5) is 0 Å². The minimum absolute atomic E-state index is 0.0134. The molecule has 1 aliphatic carbocycles. The summed E-state index contributed by atoms with van der Waals surface area (Å²) in [5.41, 5.74) is 0.787. The number of carbonyl (C=O) groups excluding carboxylic acids is 1. The van der Waals surface area contributed by atoms with Crippen molar-refractivity contribution in [3.8, 4) is 17.2 Å². The quantitative estimate of drug-likeness (QED) is 0.527. The molecule has 0 bridgehead atoms. The Kier molecular flexibility index (Phi) is 5.59. The van der Waals surface area contributed by atoms with Gasteiger partial charge in [-0.1, -0.05) is 56.1 Å². The fourth-order valence-electron chi connectivity index (χ4n) is 3.85. The maximum Gasteiger partial charge on any atom is 0.266 e. The van der Waals surface area contributed by atoms with Crippen LogP contribution in [-0.4, -0.2) is 35.6 Å². The number of methoxy groups -OCH3 is 1. The average Bonchev–Trinajstić information content (AvgIpc) is 3.24. The van der Waals surface area contributed by atoms with E-state index >= 15 is 0 Å². The topological polar surface area (TPSA) is 48.0 Å². The third-order valence-corrected chi connectivity index (χ3v) is 6.75. The van der Waals surface area contributed by atoms with Crippen molar-refractivity contribution in [2.75, 3.05) is 20.4 Å². The minimum atomic E-state index is -0.0134. The van der Waals surface area contributed by atoms with Crippen LogP contribution in [0.3, 0.4) is 0 Å². The van der Waals surface area contributed by atoms with Gasteiger partial charge < -0.3 is 14.2 Å². The molecule has 4 rings (SSSR count). The highest BCUT2D eigenvalue weighted by Gasteiger charge is 2.32. The van der Waals surface area contributed by atoms with Gasteiger partial charge in [0.2, 0.25) is 6.79 Å². The molecule has 2 fully saturated rings. The van der Waals surface area contributed by atoms with Crippen molar-refractivity contribution in [1.82, 2.24) is 4.90 Å². The van der Waals surface area contributed by atoms with Crippen LogP contribution in [0.5, 0.6) is 17.2 Å². The smallest absolute Gasteiger partial charge is 0.266 e. The van der Waals surface area contributed by atoms with Crippen molar-refractivity contribution in [3.05, 3.63) is 22.6 Å². The summed E-state index contributed by atoms with van der Waals surface area (Å²) < 4.78 is 16.9. The van der Waals surface area contributed by atoms with E-state index in [4.69, 9.17) is 26.4 Å². The van der Waals surface area contributed by atoms with Crippen molar-refractivity contribution in [2.45, 2.75) is 38.5 Å². The lowest BCUT2D eigenvalue weighted by Gasteiger charge is -2.23. The number of nitrogens with zero attached hydrogens (tertiary/aromatic N) is 1. The minimum Gasteiger partial charge on any atom is -0.496 e. The number of thioether (sulfide) groups is 1. The van der Waals surface area contributed by atoms with Gasteiger partial charge in [0.15, 0.2) is 11.5 Å². The molecule has 0 atom stereocenters. The molecule has 5 nitrogen and oxygen atoms in total. The summed E-state index contributed by atoms with van der Waals surface area (Å²) in [5.74, 6) is 2.67. The Morgan fingerprint density at radius 1 is 1.26 bits per heavy atom. The highest BCUT2D eigenvalue weighted by Crippen LogP contribution is 2.41. The van der Waals surface area contributed by atoms with Gasteiger partial charge in [0, 0.05) is 18.2 Å². The van der Waals surface area contributed by atoms with Crippen LogP contribution in [0.1, 0.15) is 44.1 Å². The fraction of sp³-hybridized carbons (Fsp3) is 0.500. The van der Waals surface area contributed by atoms with Gasteiger partial charge in [-0.2, -0.15) is 0 Å². The number of carbonyl (C=O) groups is 1. The summed E-state index contributed by atoms with van der Waals surface area (Å²) in [4.78, 5) is 15.3. The zero-order chi connectivity index (χ0) is 18.8. The van der Waals surface area contributed by atoms with Gasteiger partial charge in [-0.05, 0) is 24.5 Å². The summed E-state index contributed by atoms with van der Waals surface area (Å²) in [6.45, 7) is 0.913. The lowest BCUT2D eigenvalue weighted by Crippen LogP contribution is -2.30. The number of amides is 1. The molecule has 1 aromatic carbocycles. The number of ether oxygens (including phenoxy) is 3. The van der Waals surface area contributed by atoms with Gasteiger partial charge in [-0.25, -0.2) is 0 Å². The third-order valence-electron chi connectivity index (χ3n) is 5.37. The molecule has 0 aromatic heterocycles. The molecular formula is C20H23NO4S2. The van der Waals surface area contributed by atoms with Crippen LogP contribution < -0.4 is 14.2 Å². The zero-order valence-corrected chi connectivity index (χ0v) is 17.0. The van der Waals surface area contributed by atoms with Crippen LogP contribution in [0, 0.1) is 5.92 Å². The summed E-state index contributed by atoms with van der Waals surface area (Å²) in [6, 6.07) is 3.63. The third kappa shape index (κ3) is 3.94. The number of rotatable bonds is 5. The maximum absolute atomic E-state index is 12.9. The van der Waals surface area contributed by atoms with E-state index < -0.39 is 0 Å². The van der Waals surface area contributed by atoms with Crippen molar-refractivity contribution in [1.29, 1.82) is 0 Å².